The number of fused-ring (bicyclic) bond motifs is 2. The number of hydrogen-bond acceptors (Lipinski definition) is 1. The molecule has 0 unspecified atom stereocenters. The van der Waals surface area contributed by atoms with Crippen LogP contribution in [-0.2, 0) is 0 Å². The first-order valence-electron chi connectivity index (χ1n) is 5.56. The molecule has 1 heteroatoms. The van der Waals surface area contributed by atoms with Crippen molar-refractivity contribution in [1.82, 2.24) is 0 Å². The Morgan fingerprint density at radius 3 is 2.59 bits per heavy atom. The molecule has 0 saturated carbocycles. The molecule has 0 bridgehead atoms. The predicted octanol–water partition coefficient (Wildman–Crippen LogP) is 4.34. The summed E-state index contributed by atoms with van der Waals surface area (Å²) in [6.07, 6.45) is 1.84. The van der Waals surface area contributed by atoms with E-state index in [0.717, 1.165) is 21.7 Å². The SMILES string of the molecule is C=Cc1ccc2cc3c(O)cccc3cc2c1. The van der Waals surface area contributed by atoms with Gasteiger partial charge in [0.2, 0.25) is 0 Å². The Bertz CT molecular complexity index is 726. The van der Waals surface area contributed by atoms with Crippen LogP contribution in [0.2, 0.25) is 0 Å². The van der Waals surface area contributed by atoms with E-state index in [2.05, 4.69) is 24.8 Å². The summed E-state index contributed by atoms with van der Waals surface area (Å²) in [6.45, 7) is 3.77. The molecule has 0 radical (unpaired) electrons. The molecule has 0 heterocycles. The van der Waals surface area contributed by atoms with Gasteiger partial charge in [0.05, 0.1) is 0 Å². The fourth-order valence-electron chi connectivity index (χ4n) is 2.15. The Kier molecular flexibility index (Phi) is 2.12. The highest BCUT2D eigenvalue weighted by atomic mass is 16.3. The Labute approximate surface area is 99.6 Å². The lowest BCUT2D eigenvalue weighted by atomic mass is 10.0. The van der Waals surface area contributed by atoms with Crippen LogP contribution in [0, 0.1) is 0 Å². The van der Waals surface area contributed by atoms with E-state index >= 15 is 0 Å². The maximum atomic E-state index is 9.82. The summed E-state index contributed by atoms with van der Waals surface area (Å²) in [5.74, 6) is 0.331. The zero-order valence-electron chi connectivity index (χ0n) is 9.35. The highest BCUT2D eigenvalue weighted by molar-refractivity contribution is 6.01. The third kappa shape index (κ3) is 1.56. The summed E-state index contributed by atoms with van der Waals surface area (Å²) in [4.78, 5) is 0. The predicted molar refractivity (Wildman–Crippen MR) is 73.2 cm³/mol. The second-order valence-corrected chi connectivity index (χ2v) is 4.16. The van der Waals surface area contributed by atoms with Crippen molar-refractivity contribution in [3.63, 3.8) is 0 Å². The molecular formula is C16H12O. The number of benzene rings is 3. The van der Waals surface area contributed by atoms with Crippen molar-refractivity contribution in [2.75, 3.05) is 0 Å². The van der Waals surface area contributed by atoms with Crippen molar-refractivity contribution in [1.29, 1.82) is 0 Å². The van der Waals surface area contributed by atoms with Gasteiger partial charge in [-0.25, -0.2) is 0 Å². The van der Waals surface area contributed by atoms with Crippen molar-refractivity contribution in [3.8, 4) is 5.75 Å². The van der Waals surface area contributed by atoms with Crippen molar-refractivity contribution >= 4 is 27.6 Å². The molecule has 3 aromatic rings. The molecule has 0 aliphatic heterocycles. The van der Waals surface area contributed by atoms with Crippen molar-refractivity contribution in [2.45, 2.75) is 0 Å². The minimum Gasteiger partial charge on any atom is -0.507 e. The van der Waals surface area contributed by atoms with Gasteiger partial charge in [-0.3, -0.25) is 0 Å². The molecule has 3 aromatic carbocycles. The molecule has 0 aliphatic rings. The zero-order chi connectivity index (χ0) is 11.8. The summed E-state index contributed by atoms with van der Waals surface area (Å²) in [7, 11) is 0. The number of phenolic OH excluding ortho intramolecular Hbond substituents is 1. The van der Waals surface area contributed by atoms with Crippen molar-refractivity contribution in [2.24, 2.45) is 0 Å². The molecule has 3 rings (SSSR count). The van der Waals surface area contributed by atoms with Crippen LogP contribution >= 0.6 is 0 Å². The molecule has 0 saturated heterocycles. The van der Waals surface area contributed by atoms with Gasteiger partial charge in [-0.05, 0) is 46.0 Å². The molecule has 1 nitrogen and oxygen atoms in total. The molecule has 0 atom stereocenters. The van der Waals surface area contributed by atoms with E-state index in [9.17, 15) is 5.11 Å². The first-order valence-corrected chi connectivity index (χ1v) is 5.56. The molecular weight excluding hydrogens is 208 g/mol. The zero-order valence-corrected chi connectivity index (χ0v) is 9.35. The molecule has 0 aromatic heterocycles. The lowest BCUT2D eigenvalue weighted by molar-refractivity contribution is 0.481. The largest absolute Gasteiger partial charge is 0.507 e. The van der Waals surface area contributed by atoms with Gasteiger partial charge in [0.15, 0.2) is 0 Å². The van der Waals surface area contributed by atoms with E-state index in [1.165, 1.54) is 5.39 Å². The van der Waals surface area contributed by atoms with E-state index in [4.69, 9.17) is 0 Å². The van der Waals surface area contributed by atoms with Gasteiger partial charge in [0.1, 0.15) is 5.75 Å². The van der Waals surface area contributed by atoms with Gasteiger partial charge in [0.25, 0.3) is 0 Å². The van der Waals surface area contributed by atoms with E-state index in [1.54, 1.807) is 6.07 Å². The lowest BCUT2D eigenvalue weighted by Crippen LogP contribution is -1.78. The van der Waals surface area contributed by atoms with Crippen LogP contribution in [0.4, 0.5) is 0 Å². The number of phenols is 1. The van der Waals surface area contributed by atoms with Crippen LogP contribution in [0.1, 0.15) is 5.56 Å². The van der Waals surface area contributed by atoms with Crippen LogP contribution in [0.3, 0.4) is 0 Å². The summed E-state index contributed by atoms with van der Waals surface area (Å²) in [6, 6.07) is 15.9. The third-order valence-electron chi connectivity index (χ3n) is 3.07. The van der Waals surface area contributed by atoms with Crippen molar-refractivity contribution < 1.29 is 5.11 Å². The molecule has 0 amide bonds. The quantitative estimate of drug-likeness (QED) is 0.605. The maximum absolute atomic E-state index is 9.82. The Hall–Kier alpha value is -2.28. The van der Waals surface area contributed by atoms with Crippen LogP contribution in [-0.4, -0.2) is 5.11 Å². The molecule has 17 heavy (non-hydrogen) atoms. The van der Waals surface area contributed by atoms with E-state index in [-0.39, 0.29) is 0 Å². The number of hydrogen-bond donors (Lipinski definition) is 1. The van der Waals surface area contributed by atoms with Gasteiger partial charge in [-0.15, -0.1) is 0 Å². The molecule has 1 N–H and O–H groups in total. The first kappa shape index (κ1) is 9.91. The summed E-state index contributed by atoms with van der Waals surface area (Å²) in [5, 5.41) is 14.1. The van der Waals surface area contributed by atoms with E-state index in [1.807, 2.05) is 30.3 Å². The summed E-state index contributed by atoms with van der Waals surface area (Å²) >= 11 is 0. The maximum Gasteiger partial charge on any atom is 0.123 e. The smallest absolute Gasteiger partial charge is 0.123 e. The van der Waals surface area contributed by atoms with Crippen LogP contribution in [0.15, 0.2) is 55.1 Å². The average Bonchev–Trinajstić information content (AvgIpc) is 2.36. The Morgan fingerprint density at radius 1 is 0.882 bits per heavy atom. The van der Waals surface area contributed by atoms with Crippen molar-refractivity contribution in [3.05, 3.63) is 60.7 Å². The van der Waals surface area contributed by atoms with Gasteiger partial charge >= 0.3 is 0 Å². The molecule has 0 spiro atoms. The molecule has 82 valence electrons. The van der Waals surface area contributed by atoms with Crippen LogP contribution in [0.25, 0.3) is 27.6 Å². The highest BCUT2D eigenvalue weighted by Gasteiger charge is 2.02. The monoisotopic (exact) mass is 220 g/mol. The van der Waals surface area contributed by atoms with E-state index in [0.29, 0.717) is 5.75 Å². The van der Waals surface area contributed by atoms with Crippen LogP contribution in [0.5, 0.6) is 5.75 Å². The Balaban J connectivity index is 2.43. The normalized spacial score (nSPS) is 10.8. The topological polar surface area (TPSA) is 20.2 Å². The minimum atomic E-state index is 0.331. The molecule has 0 fully saturated rings. The second kappa shape index (κ2) is 3.63. The third-order valence-corrected chi connectivity index (χ3v) is 3.07. The van der Waals surface area contributed by atoms with Gasteiger partial charge in [-0.2, -0.15) is 0 Å². The summed E-state index contributed by atoms with van der Waals surface area (Å²) in [5.41, 5.74) is 1.11. The number of rotatable bonds is 1. The highest BCUT2D eigenvalue weighted by Crippen LogP contribution is 2.29. The van der Waals surface area contributed by atoms with E-state index < -0.39 is 0 Å². The lowest BCUT2D eigenvalue weighted by Gasteiger charge is -2.05. The summed E-state index contributed by atoms with van der Waals surface area (Å²) < 4.78 is 0. The Morgan fingerprint density at radius 2 is 1.76 bits per heavy atom. The number of aromatic hydroxyl groups is 1. The van der Waals surface area contributed by atoms with Gasteiger partial charge < -0.3 is 5.11 Å². The fraction of sp³-hybridized carbons (Fsp3) is 0. The first-order chi connectivity index (χ1) is 8.28. The second-order valence-electron chi connectivity index (χ2n) is 4.16. The molecule has 0 aliphatic carbocycles. The fourth-order valence-corrected chi connectivity index (χ4v) is 2.15. The average molecular weight is 220 g/mol. The van der Waals surface area contributed by atoms with Gasteiger partial charge in [-0.1, -0.05) is 36.9 Å². The van der Waals surface area contributed by atoms with Crippen LogP contribution < -0.4 is 0 Å². The standard InChI is InChI=1S/C16H12O/c1-2-11-6-7-12-10-15-13(9-14(12)8-11)4-3-5-16(15)17/h2-10,17H,1H2. The van der Waals surface area contributed by atoms with Gasteiger partial charge in [0, 0.05) is 5.39 Å². The minimum absolute atomic E-state index is 0.331.